The van der Waals surface area contributed by atoms with Gasteiger partial charge in [-0.2, -0.15) is 0 Å². The molecule has 1 fully saturated rings. The predicted molar refractivity (Wildman–Crippen MR) is 112 cm³/mol. The standard InChI is InChI=1S/C21H24BrN3O2/c1-15(26)24-18-9-10-19(20(13-18)25-11-3-2-4-12-25)21(27)23-14-16-5-7-17(22)8-6-16/h5-10,13H,2-4,11-12,14H2,1H3,(H,23,27)(H,24,26). The zero-order valence-corrected chi connectivity index (χ0v) is 17.0. The molecule has 0 unspecified atom stereocenters. The molecule has 1 aliphatic heterocycles. The van der Waals surface area contributed by atoms with E-state index in [-0.39, 0.29) is 11.8 Å². The Balaban J connectivity index is 1.80. The van der Waals surface area contributed by atoms with Gasteiger partial charge in [0.1, 0.15) is 0 Å². The lowest BCUT2D eigenvalue weighted by molar-refractivity contribution is -0.114. The first-order valence-electron chi connectivity index (χ1n) is 9.22. The molecule has 1 saturated heterocycles. The van der Waals surface area contributed by atoms with Crippen molar-refractivity contribution in [1.82, 2.24) is 5.32 Å². The molecule has 2 amide bonds. The molecular weight excluding hydrogens is 406 g/mol. The molecular formula is C21H24BrN3O2. The molecule has 0 spiro atoms. The highest BCUT2D eigenvalue weighted by atomic mass is 79.9. The van der Waals surface area contributed by atoms with Crippen molar-refractivity contribution in [1.29, 1.82) is 0 Å². The van der Waals surface area contributed by atoms with Crippen molar-refractivity contribution in [3.05, 3.63) is 58.1 Å². The molecule has 1 heterocycles. The second-order valence-electron chi connectivity index (χ2n) is 6.77. The van der Waals surface area contributed by atoms with E-state index >= 15 is 0 Å². The second kappa shape index (κ2) is 9.04. The zero-order valence-electron chi connectivity index (χ0n) is 15.4. The Morgan fingerprint density at radius 2 is 1.74 bits per heavy atom. The quantitative estimate of drug-likeness (QED) is 0.743. The van der Waals surface area contributed by atoms with Gasteiger partial charge in [0, 0.05) is 36.7 Å². The van der Waals surface area contributed by atoms with Gasteiger partial charge in [-0.3, -0.25) is 9.59 Å². The van der Waals surface area contributed by atoms with Gasteiger partial charge in [0.25, 0.3) is 5.91 Å². The molecule has 6 heteroatoms. The maximum Gasteiger partial charge on any atom is 0.253 e. The number of hydrogen-bond donors (Lipinski definition) is 2. The minimum absolute atomic E-state index is 0.104. The van der Waals surface area contributed by atoms with Crippen LogP contribution in [0.3, 0.4) is 0 Å². The Morgan fingerprint density at radius 3 is 2.41 bits per heavy atom. The molecule has 0 aliphatic carbocycles. The van der Waals surface area contributed by atoms with E-state index in [0.29, 0.717) is 17.8 Å². The first-order chi connectivity index (χ1) is 13.0. The minimum atomic E-state index is -0.118. The number of nitrogens with zero attached hydrogens (tertiary/aromatic N) is 1. The summed E-state index contributed by atoms with van der Waals surface area (Å²) in [7, 11) is 0. The maximum atomic E-state index is 12.8. The minimum Gasteiger partial charge on any atom is -0.371 e. The number of piperidine rings is 1. The van der Waals surface area contributed by atoms with E-state index in [4.69, 9.17) is 0 Å². The fourth-order valence-corrected chi connectivity index (χ4v) is 3.55. The third-order valence-corrected chi connectivity index (χ3v) is 5.15. The monoisotopic (exact) mass is 429 g/mol. The number of nitrogens with one attached hydrogen (secondary N) is 2. The molecule has 0 bridgehead atoms. The van der Waals surface area contributed by atoms with Crippen molar-refractivity contribution < 1.29 is 9.59 Å². The average molecular weight is 430 g/mol. The van der Waals surface area contributed by atoms with Crippen molar-refractivity contribution in [2.24, 2.45) is 0 Å². The first kappa shape index (κ1) is 19.4. The molecule has 2 N–H and O–H groups in total. The van der Waals surface area contributed by atoms with E-state index in [1.54, 1.807) is 12.1 Å². The number of carbonyl (C=O) groups excluding carboxylic acids is 2. The average Bonchev–Trinajstić information content (AvgIpc) is 2.67. The van der Waals surface area contributed by atoms with Crippen LogP contribution in [0.4, 0.5) is 11.4 Å². The number of rotatable bonds is 5. The second-order valence-corrected chi connectivity index (χ2v) is 7.69. The van der Waals surface area contributed by atoms with Crippen molar-refractivity contribution in [2.45, 2.75) is 32.7 Å². The lowest BCUT2D eigenvalue weighted by Crippen LogP contribution is -2.32. The van der Waals surface area contributed by atoms with Gasteiger partial charge in [-0.05, 0) is 55.2 Å². The summed E-state index contributed by atoms with van der Waals surface area (Å²) in [5.41, 5.74) is 3.28. The molecule has 2 aromatic rings. The van der Waals surface area contributed by atoms with Gasteiger partial charge < -0.3 is 15.5 Å². The molecule has 27 heavy (non-hydrogen) atoms. The number of benzene rings is 2. The van der Waals surface area contributed by atoms with E-state index in [0.717, 1.165) is 41.7 Å². The maximum absolute atomic E-state index is 12.8. The van der Waals surface area contributed by atoms with Crippen LogP contribution in [0.25, 0.3) is 0 Å². The molecule has 0 radical (unpaired) electrons. The number of hydrogen-bond acceptors (Lipinski definition) is 3. The Kier molecular flexibility index (Phi) is 6.50. The van der Waals surface area contributed by atoms with Crippen LogP contribution in [0, 0.1) is 0 Å². The largest absolute Gasteiger partial charge is 0.371 e. The fraction of sp³-hybridized carbons (Fsp3) is 0.333. The summed E-state index contributed by atoms with van der Waals surface area (Å²) in [6.45, 7) is 3.81. The highest BCUT2D eigenvalue weighted by molar-refractivity contribution is 9.10. The summed E-state index contributed by atoms with van der Waals surface area (Å²) in [6.07, 6.45) is 3.45. The third-order valence-electron chi connectivity index (χ3n) is 4.63. The van der Waals surface area contributed by atoms with Gasteiger partial charge in [-0.1, -0.05) is 28.1 Å². The Bertz CT molecular complexity index is 815. The number of amides is 2. The summed E-state index contributed by atoms with van der Waals surface area (Å²) >= 11 is 3.42. The van der Waals surface area contributed by atoms with Crippen LogP contribution in [0.15, 0.2) is 46.9 Å². The molecule has 142 valence electrons. The highest BCUT2D eigenvalue weighted by Gasteiger charge is 2.19. The third kappa shape index (κ3) is 5.32. The summed E-state index contributed by atoms with van der Waals surface area (Å²) < 4.78 is 1.01. The summed E-state index contributed by atoms with van der Waals surface area (Å²) in [5, 5.41) is 5.82. The zero-order chi connectivity index (χ0) is 19.2. The molecule has 5 nitrogen and oxygen atoms in total. The van der Waals surface area contributed by atoms with Gasteiger partial charge in [0.2, 0.25) is 5.91 Å². The van der Waals surface area contributed by atoms with Crippen LogP contribution in [-0.4, -0.2) is 24.9 Å². The number of halogens is 1. The van der Waals surface area contributed by atoms with E-state index in [9.17, 15) is 9.59 Å². The molecule has 0 aromatic heterocycles. The SMILES string of the molecule is CC(=O)Nc1ccc(C(=O)NCc2ccc(Br)cc2)c(N2CCCCC2)c1. The van der Waals surface area contributed by atoms with E-state index in [1.165, 1.54) is 13.3 Å². The van der Waals surface area contributed by atoms with Crippen molar-refractivity contribution in [3.8, 4) is 0 Å². The van der Waals surface area contributed by atoms with Crippen LogP contribution < -0.4 is 15.5 Å². The molecule has 0 atom stereocenters. The van der Waals surface area contributed by atoms with Gasteiger partial charge in [0.05, 0.1) is 11.3 Å². The smallest absolute Gasteiger partial charge is 0.253 e. The first-order valence-corrected chi connectivity index (χ1v) is 10.0. The lowest BCUT2D eigenvalue weighted by atomic mass is 10.1. The summed E-state index contributed by atoms with van der Waals surface area (Å²) in [5.74, 6) is -0.222. The highest BCUT2D eigenvalue weighted by Crippen LogP contribution is 2.28. The van der Waals surface area contributed by atoms with E-state index in [2.05, 4.69) is 31.5 Å². The van der Waals surface area contributed by atoms with Crippen LogP contribution in [0.2, 0.25) is 0 Å². The summed E-state index contributed by atoms with van der Waals surface area (Å²) in [4.78, 5) is 26.5. The van der Waals surface area contributed by atoms with Crippen molar-refractivity contribution in [3.63, 3.8) is 0 Å². The molecule has 1 aliphatic rings. The topological polar surface area (TPSA) is 61.4 Å². The van der Waals surface area contributed by atoms with Crippen LogP contribution in [0.5, 0.6) is 0 Å². The van der Waals surface area contributed by atoms with Gasteiger partial charge in [-0.15, -0.1) is 0 Å². The lowest BCUT2D eigenvalue weighted by Gasteiger charge is -2.30. The number of anilines is 2. The molecule has 3 rings (SSSR count). The summed E-state index contributed by atoms with van der Waals surface area (Å²) in [6, 6.07) is 13.4. The Morgan fingerprint density at radius 1 is 1.04 bits per heavy atom. The Hall–Kier alpha value is -2.34. The molecule has 0 saturated carbocycles. The van der Waals surface area contributed by atoms with Crippen molar-refractivity contribution in [2.75, 3.05) is 23.3 Å². The van der Waals surface area contributed by atoms with Crippen LogP contribution in [0.1, 0.15) is 42.1 Å². The van der Waals surface area contributed by atoms with Crippen LogP contribution in [-0.2, 0) is 11.3 Å². The molecule has 2 aromatic carbocycles. The fourth-order valence-electron chi connectivity index (χ4n) is 3.28. The predicted octanol–water partition coefficient (Wildman–Crippen LogP) is 4.33. The van der Waals surface area contributed by atoms with Gasteiger partial charge >= 0.3 is 0 Å². The van der Waals surface area contributed by atoms with E-state index < -0.39 is 0 Å². The number of carbonyl (C=O) groups is 2. The Labute approximate surface area is 168 Å². The normalized spacial score (nSPS) is 13.9. The van der Waals surface area contributed by atoms with Gasteiger partial charge in [0.15, 0.2) is 0 Å². The van der Waals surface area contributed by atoms with Gasteiger partial charge in [-0.25, -0.2) is 0 Å². The van der Waals surface area contributed by atoms with Crippen molar-refractivity contribution >= 4 is 39.1 Å². The van der Waals surface area contributed by atoms with Crippen LogP contribution >= 0.6 is 15.9 Å². The van der Waals surface area contributed by atoms with E-state index in [1.807, 2.05) is 30.3 Å².